The van der Waals surface area contributed by atoms with Crippen LogP contribution in [0.1, 0.15) is 48.8 Å². The van der Waals surface area contributed by atoms with Gasteiger partial charge in [-0.1, -0.05) is 42.5 Å². The van der Waals surface area contributed by atoms with Gasteiger partial charge in [0.1, 0.15) is 12.4 Å². The van der Waals surface area contributed by atoms with E-state index in [0.29, 0.717) is 48.5 Å². The summed E-state index contributed by atoms with van der Waals surface area (Å²) in [4.78, 5) is 13.4. The summed E-state index contributed by atoms with van der Waals surface area (Å²) in [6, 6.07) is 26.7. The van der Waals surface area contributed by atoms with E-state index in [2.05, 4.69) is 17.6 Å². The van der Waals surface area contributed by atoms with E-state index in [9.17, 15) is 15.3 Å². The molecule has 0 aromatic heterocycles. The van der Waals surface area contributed by atoms with E-state index < -0.39 is 5.92 Å². The van der Waals surface area contributed by atoms with Crippen LogP contribution in [-0.4, -0.2) is 17.4 Å². The second-order valence-corrected chi connectivity index (χ2v) is 9.49. The summed E-state index contributed by atoms with van der Waals surface area (Å²) in [6.07, 6.45) is 1.76. The normalized spacial score (nSPS) is 16.6. The number of nitrogens with zero attached hydrogens (tertiary/aromatic N) is 3. The molecule has 3 N–H and O–H groups in total. The van der Waals surface area contributed by atoms with E-state index in [1.54, 1.807) is 17.1 Å². The summed E-state index contributed by atoms with van der Waals surface area (Å²) in [5.74, 6) is 0.616. The molecule has 1 heterocycles. The Labute approximate surface area is 233 Å². The fraction of sp³-hybridized carbons (Fsp3) is 0.219. The standard InChI is InChI=1S/C32H29N5O3/c1-2-39-29-17-21(15-16-28(29)40-20-23-10-7-6-9-22(23)18-33)30-25(19-34)32(35)37(36-24-11-4-3-5-12-24)26-13-8-14-27(38)31(26)30/h3-7,9-12,15-17,30,36H,2,8,13-14,20,35H2,1H3/t30-/m1/s1. The minimum atomic E-state index is -0.630. The van der Waals surface area contributed by atoms with Gasteiger partial charge in [0.05, 0.1) is 41.5 Å². The van der Waals surface area contributed by atoms with Gasteiger partial charge in [-0.15, -0.1) is 0 Å². The third-order valence-electron chi connectivity index (χ3n) is 7.05. The summed E-state index contributed by atoms with van der Waals surface area (Å²) < 4.78 is 12.0. The number of allylic oxidation sites excluding steroid dienone is 3. The Morgan fingerprint density at radius 3 is 2.50 bits per heavy atom. The fourth-order valence-corrected chi connectivity index (χ4v) is 5.19. The monoisotopic (exact) mass is 531 g/mol. The predicted molar refractivity (Wildman–Crippen MR) is 150 cm³/mol. The minimum absolute atomic E-state index is 0.00208. The van der Waals surface area contributed by atoms with Crippen LogP contribution in [0.5, 0.6) is 11.5 Å². The molecule has 0 radical (unpaired) electrons. The van der Waals surface area contributed by atoms with E-state index >= 15 is 0 Å². The van der Waals surface area contributed by atoms with Crippen molar-refractivity contribution in [3.8, 4) is 23.6 Å². The van der Waals surface area contributed by atoms with Crippen molar-refractivity contribution in [1.29, 1.82) is 10.5 Å². The maximum Gasteiger partial charge on any atom is 0.161 e. The molecule has 0 fully saturated rings. The van der Waals surface area contributed by atoms with Crippen molar-refractivity contribution in [2.45, 2.75) is 38.7 Å². The van der Waals surface area contributed by atoms with Gasteiger partial charge in [0, 0.05) is 23.3 Å². The lowest BCUT2D eigenvalue weighted by Crippen LogP contribution is -2.41. The quantitative estimate of drug-likeness (QED) is 0.381. The van der Waals surface area contributed by atoms with E-state index in [1.165, 1.54) is 0 Å². The van der Waals surface area contributed by atoms with Gasteiger partial charge >= 0.3 is 0 Å². The van der Waals surface area contributed by atoms with Gasteiger partial charge < -0.3 is 15.2 Å². The number of rotatable bonds is 8. The van der Waals surface area contributed by atoms with Crippen molar-refractivity contribution in [2.75, 3.05) is 12.0 Å². The van der Waals surface area contributed by atoms with E-state index in [1.807, 2.05) is 67.6 Å². The van der Waals surface area contributed by atoms with Crippen LogP contribution >= 0.6 is 0 Å². The number of nitriles is 2. The summed E-state index contributed by atoms with van der Waals surface area (Å²) in [5.41, 5.74) is 14.4. The lowest BCUT2D eigenvalue weighted by atomic mass is 9.76. The average molecular weight is 532 g/mol. The van der Waals surface area contributed by atoms with Crippen LogP contribution in [0.25, 0.3) is 0 Å². The van der Waals surface area contributed by atoms with Crippen molar-refractivity contribution < 1.29 is 14.3 Å². The summed E-state index contributed by atoms with van der Waals surface area (Å²) in [5, 5.41) is 21.4. The van der Waals surface area contributed by atoms with E-state index in [4.69, 9.17) is 15.2 Å². The van der Waals surface area contributed by atoms with Gasteiger partial charge in [0.2, 0.25) is 0 Å². The molecule has 3 aromatic carbocycles. The predicted octanol–water partition coefficient (Wildman–Crippen LogP) is 5.66. The first kappa shape index (κ1) is 26.4. The molecule has 8 heteroatoms. The molecule has 0 saturated carbocycles. The molecule has 5 rings (SSSR count). The molecule has 200 valence electrons. The molecule has 0 spiro atoms. The fourth-order valence-electron chi connectivity index (χ4n) is 5.19. The number of ether oxygens (including phenoxy) is 2. The van der Waals surface area contributed by atoms with Gasteiger partial charge in [-0.2, -0.15) is 10.5 Å². The molecule has 0 amide bonds. The minimum Gasteiger partial charge on any atom is -0.490 e. The summed E-state index contributed by atoms with van der Waals surface area (Å²) in [7, 11) is 0. The van der Waals surface area contributed by atoms with Crippen LogP contribution in [0, 0.1) is 22.7 Å². The molecule has 1 aliphatic heterocycles. The Balaban J connectivity index is 1.54. The Morgan fingerprint density at radius 1 is 0.975 bits per heavy atom. The second kappa shape index (κ2) is 11.7. The maximum atomic E-state index is 13.4. The Bertz CT molecular complexity index is 1580. The van der Waals surface area contributed by atoms with E-state index in [-0.39, 0.29) is 23.8 Å². The van der Waals surface area contributed by atoms with Crippen molar-refractivity contribution in [3.05, 3.63) is 112 Å². The number of nitrogens with two attached hydrogens (primary N) is 1. The number of hydrogen-bond acceptors (Lipinski definition) is 8. The second-order valence-electron chi connectivity index (χ2n) is 9.49. The Morgan fingerprint density at radius 2 is 1.75 bits per heavy atom. The van der Waals surface area contributed by atoms with Crippen LogP contribution in [0.4, 0.5) is 5.69 Å². The lowest BCUT2D eigenvalue weighted by Gasteiger charge is -2.39. The van der Waals surface area contributed by atoms with Gasteiger partial charge in [-0.25, -0.2) is 5.01 Å². The smallest absolute Gasteiger partial charge is 0.161 e. The molecule has 0 unspecified atom stereocenters. The number of para-hydroxylation sites is 1. The molecule has 8 nitrogen and oxygen atoms in total. The summed E-state index contributed by atoms with van der Waals surface area (Å²) >= 11 is 0. The number of hydrogen-bond donors (Lipinski definition) is 2. The van der Waals surface area contributed by atoms with Crippen molar-refractivity contribution >= 4 is 11.5 Å². The highest BCUT2D eigenvalue weighted by Gasteiger charge is 2.40. The Kier molecular flexibility index (Phi) is 7.70. The topological polar surface area (TPSA) is 124 Å². The highest BCUT2D eigenvalue weighted by Crippen LogP contribution is 2.46. The molecule has 2 aliphatic rings. The molecule has 0 saturated heterocycles. The van der Waals surface area contributed by atoms with Crippen LogP contribution in [0.15, 0.2) is 95.5 Å². The van der Waals surface area contributed by atoms with Crippen LogP contribution < -0.4 is 20.6 Å². The van der Waals surface area contributed by atoms with Crippen LogP contribution in [-0.2, 0) is 11.4 Å². The molecular weight excluding hydrogens is 502 g/mol. The van der Waals surface area contributed by atoms with Crippen LogP contribution in [0.2, 0.25) is 0 Å². The third kappa shape index (κ3) is 5.08. The first-order chi connectivity index (χ1) is 19.5. The largest absolute Gasteiger partial charge is 0.490 e. The SMILES string of the molecule is CCOc1cc([C@@H]2C(C#N)=C(N)N(Nc3ccccc3)C3=C2C(=O)CCC3)ccc1OCc1ccccc1C#N. The first-order valence-corrected chi connectivity index (χ1v) is 13.2. The number of anilines is 1. The molecule has 1 atom stereocenters. The molecule has 3 aromatic rings. The van der Waals surface area contributed by atoms with Gasteiger partial charge in [0.15, 0.2) is 17.3 Å². The van der Waals surface area contributed by atoms with E-state index in [0.717, 1.165) is 22.5 Å². The zero-order valence-electron chi connectivity index (χ0n) is 22.2. The first-order valence-electron chi connectivity index (χ1n) is 13.2. The zero-order valence-corrected chi connectivity index (χ0v) is 22.2. The molecule has 40 heavy (non-hydrogen) atoms. The summed E-state index contributed by atoms with van der Waals surface area (Å²) in [6.45, 7) is 2.46. The number of carbonyl (C=O) groups excluding carboxylic acids is 1. The van der Waals surface area contributed by atoms with Crippen molar-refractivity contribution in [3.63, 3.8) is 0 Å². The number of benzene rings is 3. The highest BCUT2D eigenvalue weighted by atomic mass is 16.5. The third-order valence-corrected chi connectivity index (χ3v) is 7.05. The lowest BCUT2D eigenvalue weighted by molar-refractivity contribution is -0.116. The van der Waals surface area contributed by atoms with Crippen molar-refractivity contribution in [2.24, 2.45) is 5.73 Å². The Hall–Kier alpha value is -5.21. The van der Waals surface area contributed by atoms with Gasteiger partial charge in [-0.3, -0.25) is 10.2 Å². The van der Waals surface area contributed by atoms with Crippen molar-refractivity contribution in [1.82, 2.24) is 5.01 Å². The number of hydrazine groups is 1. The molecular formula is C32H29N5O3. The van der Waals surface area contributed by atoms with Crippen LogP contribution in [0.3, 0.4) is 0 Å². The number of nitrogens with one attached hydrogen (secondary N) is 1. The molecule has 1 aliphatic carbocycles. The molecule has 0 bridgehead atoms. The average Bonchev–Trinajstić information content (AvgIpc) is 2.98. The van der Waals surface area contributed by atoms with Gasteiger partial charge in [0.25, 0.3) is 0 Å². The van der Waals surface area contributed by atoms with Gasteiger partial charge in [-0.05, 0) is 55.7 Å². The zero-order chi connectivity index (χ0) is 28.1. The number of ketones is 1. The number of carbonyl (C=O) groups is 1. The highest BCUT2D eigenvalue weighted by molar-refractivity contribution is 6.00. The number of Topliss-reactive ketones (excluding diaryl/α,β-unsaturated/α-hetero) is 1. The maximum absolute atomic E-state index is 13.4.